The van der Waals surface area contributed by atoms with Gasteiger partial charge in [0.1, 0.15) is 6.04 Å². The molecule has 2 atom stereocenters. The molecule has 0 unspecified atom stereocenters. The number of ether oxygens (including phenoxy) is 1. The Morgan fingerprint density at radius 2 is 1.86 bits per heavy atom. The van der Waals surface area contributed by atoms with E-state index in [1.165, 1.54) is 0 Å². The fraction of sp³-hybridized carbons (Fsp3) is 0.318. The van der Waals surface area contributed by atoms with Gasteiger partial charge in [0.05, 0.1) is 16.9 Å². The summed E-state index contributed by atoms with van der Waals surface area (Å²) in [5, 5.41) is 2.88. The van der Waals surface area contributed by atoms with Gasteiger partial charge in [-0.3, -0.25) is 9.59 Å². The minimum atomic E-state index is -0.899. The molecule has 0 bridgehead atoms. The predicted molar refractivity (Wildman–Crippen MR) is 106 cm³/mol. The predicted octanol–water partition coefficient (Wildman–Crippen LogP) is 3.34. The Bertz CT molecular complexity index is 952. The highest BCUT2D eigenvalue weighted by Crippen LogP contribution is 2.37. The number of benzene rings is 2. The average molecular weight is 378 g/mol. The minimum Gasteiger partial charge on any atom is -0.451 e. The molecule has 1 saturated heterocycles. The third-order valence-corrected chi connectivity index (χ3v) is 5.34. The van der Waals surface area contributed by atoms with Crippen molar-refractivity contribution in [2.24, 2.45) is 0 Å². The second-order valence-corrected chi connectivity index (χ2v) is 7.35. The van der Waals surface area contributed by atoms with Gasteiger partial charge in [-0.2, -0.15) is 0 Å². The molecule has 2 aliphatic rings. The van der Waals surface area contributed by atoms with E-state index in [4.69, 9.17) is 4.74 Å². The lowest BCUT2D eigenvalue weighted by atomic mass is 10.1. The number of nitrogens with one attached hydrogen (secondary N) is 1. The summed E-state index contributed by atoms with van der Waals surface area (Å²) in [5.41, 5.74) is 3.39. The number of carbonyl (C=O) groups excluding carboxylic acids is 3. The van der Waals surface area contributed by atoms with Crippen molar-refractivity contribution in [3.05, 3.63) is 59.2 Å². The van der Waals surface area contributed by atoms with Crippen molar-refractivity contribution in [1.29, 1.82) is 0 Å². The minimum absolute atomic E-state index is 0.0431. The molecule has 2 aromatic carbocycles. The molecule has 0 aliphatic carbocycles. The fourth-order valence-electron chi connectivity index (χ4n) is 3.79. The van der Waals surface area contributed by atoms with Crippen LogP contribution in [0.1, 0.15) is 46.0 Å². The molecule has 4 rings (SSSR count). The number of amides is 1. The van der Waals surface area contributed by atoms with Crippen molar-refractivity contribution in [3.8, 4) is 0 Å². The van der Waals surface area contributed by atoms with Gasteiger partial charge in [0, 0.05) is 12.1 Å². The molecule has 1 fully saturated rings. The van der Waals surface area contributed by atoms with E-state index in [1.54, 1.807) is 31.2 Å². The number of fused-ring (bicyclic) bond motifs is 3. The zero-order valence-electron chi connectivity index (χ0n) is 15.9. The van der Waals surface area contributed by atoms with E-state index in [2.05, 4.69) is 10.2 Å². The number of Topliss-reactive ketones (excluding diaryl/α,β-unsaturated/α-hetero) is 1. The molecule has 28 heavy (non-hydrogen) atoms. The topological polar surface area (TPSA) is 75.7 Å². The standard InChI is InChI=1S/C22H22N2O4/c1-13-5-7-15(8-6-13)20(25)14(2)28-22(27)16-9-10-18-17(12-16)23-21(26)19-4-3-11-24(18)19/h5-10,12,14,19H,3-4,11H2,1-2H3,(H,23,26)/t14-,19+/m1/s1. The Kier molecular flexibility index (Phi) is 4.63. The van der Waals surface area contributed by atoms with Crippen molar-refractivity contribution >= 4 is 29.0 Å². The van der Waals surface area contributed by atoms with Gasteiger partial charge in [-0.25, -0.2) is 4.79 Å². The van der Waals surface area contributed by atoms with Gasteiger partial charge in [0.25, 0.3) is 0 Å². The largest absolute Gasteiger partial charge is 0.451 e. The number of hydrogen-bond donors (Lipinski definition) is 1. The molecule has 1 amide bonds. The summed E-state index contributed by atoms with van der Waals surface area (Å²) in [6.07, 6.45) is 0.914. The Hall–Kier alpha value is -3.15. The third-order valence-electron chi connectivity index (χ3n) is 5.34. The van der Waals surface area contributed by atoms with Crippen LogP contribution in [-0.4, -0.2) is 36.4 Å². The molecule has 2 aliphatic heterocycles. The smallest absolute Gasteiger partial charge is 0.338 e. The lowest BCUT2D eigenvalue weighted by molar-refractivity contribution is -0.117. The highest BCUT2D eigenvalue weighted by molar-refractivity contribution is 6.06. The van der Waals surface area contributed by atoms with Gasteiger partial charge in [-0.1, -0.05) is 29.8 Å². The van der Waals surface area contributed by atoms with Crippen molar-refractivity contribution in [2.75, 3.05) is 16.8 Å². The maximum atomic E-state index is 12.5. The zero-order chi connectivity index (χ0) is 19.8. The van der Waals surface area contributed by atoms with Gasteiger partial charge < -0.3 is 15.0 Å². The lowest BCUT2D eigenvalue weighted by Gasteiger charge is -2.33. The second kappa shape index (κ2) is 7.11. The Labute approximate surface area is 163 Å². The van der Waals surface area contributed by atoms with Crippen LogP contribution in [0.25, 0.3) is 0 Å². The number of rotatable bonds is 4. The zero-order valence-corrected chi connectivity index (χ0v) is 15.9. The molecule has 0 spiro atoms. The number of ketones is 1. The van der Waals surface area contributed by atoms with Crippen LogP contribution in [-0.2, 0) is 9.53 Å². The van der Waals surface area contributed by atoms with Crippen LogP contribution in [0.5, 0.6) is 0 Å². The van der Waals surface area contributed by atoms with Crippen LogP contribution in [0.4, 0.5) is 11.4 Å². The van der Waals surface area contributed by atoms with Crippen molar-refractivity contribution < 1.29 is 19.1 Å². The first-order valence-corrected chi connectivity index (χ1v) is 9.47. The molecular weight excluding hydrogens is 356 g/mol. The van der Waals surface area contributed by atoms with Gasteiger partial charge in [0.2, 0.25) is 11.7 Å². The van der Waals surface area contributed by atoms with Gasteiger partial charge in [0.15, 0.2) is 6.10 Å². The first-order valence-electron chi connectivity index (χ1n) is 9.47. The van der Waals surface area contributed by atoms with E-state index >= 15 is 0 Å². The average Bonchev–Trinajstić information content (AvgIpc) is 3.18. The number of esters is 1. The molecule has 0 aromatic heterocycles. The monoisotopic (exact) mass is 378 g/mol. The Morgan fingerprint density at radius 1 is 1.14 bits per heavy atom. The Balaban J connectivity index is 1.49. The summed E-state index contributed by atoms with van der Waals surface area (Å²) < 4.78 is 5.37. The first kappa shape index (κ1) is 18.2. The van der Waals surface area contributed by atoms with Crippen molar-refractivity contribution in [3.63, 3.8) is 0 Å². The number of carbonyl (C=O) groups is 3. The van der Waals surface area contributed by atoms with Crippen LogP contribution in [0.15, 0.2) is 42.5 Å². The highest BCUT2D eigenvalue weighted by atomic mass is 16.5. The Morgan fingerprint density at radius 3 is 2.61 bits per heavy atom. The van der Waals surface area contributed by atoms with E-state index in [-0.39, 0.29) is 17.7 Å². The van der Waals surface area contributed by atoms with Gasteiger partial charge in [-0.15, -0.1) is 0 Å². The molecular formula is C22H22N2O4. The van der Waals surface area contributed by atoms with Crippen LogP contribution in [0.2, 0.25) is 0 Å². The maximum Gasteiger partial charge on any atom is 0.338 e. The van der Waals surface area contributed by atoms with E-state index in [9.17, 15) is 14.4 Å². The number of nitrogens with zero attached hydrogens (tertiary/aromatic N) is 1. The number of hydrogen-bond acceptors (Lipinski definition) is 5. The second-order valence-electron chi connectivity index (χ2n) is 7.35. The summed E-state index contributed by atoms with van der Waals surface area (Å²) in [5.74, 6) is -0.883. The molecule has 6 nitrogen and oxygen atoms in total. The van der Waals surface area contributed by atoms with Crippen LogP contribution in [0.3, 0.4) is 0 Å². The quantitative estimate of drug-likeness (QED) is 0.652. The van der Waals surface area contributed by atoms with E-state index in [0.29, 0.717) is 16.8 Å². The van der Waals surface area contributed by atoms with Gasteiger partial charge >= 0.3 is 5.97 Å². The molecule has 2 heterocycles. The third kappa shape index (κ3) is 3.26. The van der Waals surface area contributed by atoms with E-state index in [1.807, 2.05) is 25.1 Å². The summed E-state index contributed by atoms with van der Waals surface area (Å²) in [7, 11) is 0. The van der Waals surface area contributed by atoms with Gasteiger partial charge in [-0.05, 0) is 44.9 Å². The summed E-state index contributed by atoms with van der Waals surface area (Å²) in [6.45, 7) is 4.34. The summed E-state index contributed by atoms with van der Waals surface area (Å²) in [6, 6.07) is 12.1. The van der Waals surface area contributed by atoms with E-state index in [0.717, 1.165) is 30.6 Å². The van der Waals surface area contributed by atoms with Crippen LogP contribution >= 0.6 is 0 Å². The molecule has 144 valence electrons. The van der Waals surface area contributed by atoms with Crippen LogP contribution < -0.4 is 10.2 Å². The highest BCUT2D eigenvalue weighted by Gasteiger charge is 2.36. The molecule has 6 heteroatoms. The summed E-state index contributed by atoms with van der Waals surface area (Å²) >= 11 is 0. The molecule has 2 aromatic rings. The molecule has 0 saturated carbocycles. The number of aryl methyl sites for hydroxylation is 1. The SMILES string of the molecule is Cc1ccc(C(=O)[C@@H](C)OC(=O)c2ccc3c(c2)NC(=O)[C@@H]2CCCN32)cc1. The number of anilines is 2. The van der Waals surface area contributed by atoms with E-state index < -0.39 is 12.1 Å². The van der Waals surface area contributed by atoms with Crippen molar-refractivity contribution in [1.82, 2.24) is 0 Å². The van der Waals surface area contributed by atoms with Crippen molar-refractivity contribution in [2.45, 2.75) is 38.8 Å². The lowest BCUT2D eigenvalue weighted by Crippen LogP contribution is -2.43. The molecule has 1 N–H and O–H groups in total. The maximum absolute atomic E-state index is 12.5. The fourth-order valence-corrected chi connectivity index (χ4v) is 3.79. The van der Waals surface area contributed by atoms with Crippen LogP contribution in [0, 0.1) is 6.92 Å². The first-order chi connectivity index (χ1) is 13.4. The summed E-state index contributed by atoms with van der Waals surface area (Å²) in [4.78, 5) is 39.4. The normalized spacial score (nSPS) is 18.7. The molecule has 0 radical (unpaired) electrons.